The molecule has 0 aliphatic carbocycles. The van der Waals surface area contributed by atoms with Crippen molar-refractivity contribution in [1.82, 2.24) is 4.90 Å². The van der Waals surface area contributed by atoms with E-state index < -0.39 is 30.0 Å². The highest BCUT2D eigenvalue weighted by molar-refractivity contribution is 8.26. The Morgan fingerprint density at radius 3 is 2.62 bits per heavy atom. The Hall–Kier alpha value is -2.39. The molecule has 2 N–H and O–H groups in total. The van der Waals surface area contributed by atoms with Crippen LogP contribution in [0.2, 0.25) is 0 Å². The monoisotopic (exact) mass is 395 g/mol. The molecule has 2 rings (SSSR count). The second-order valence-electron chi connectivity index (χ2n) is 5.49. The summed E-state index contributed by atoms with van der Waals surface area (Å²) >= 11 is 6.13. The molecule has 1 fully saturated rings. The van der Waals surface area contributed by atoms with Gasteiger partial charge in [0.2, 0.25) is 0 Å². The fourth-order valence-electron chi connectivity index (χ4n) is 2.23. The lowest BCUT2D eigenvalue weighted by Crippen LogP contribution is -2.41. The molecule has 1 aliphatic heterocycles. The van der Waals surface area contributed by atoms with E-state index in [0.29, 0.717) is 22.6 Å². The predicted molar refractivity (Wildman–Crippen MR) is 101 cm³/mol. The maximum Gasteiger partial charge on any atom is 0.344 e. The van der Waals surface area contributed by atoms with E-state index in [2.05, 4.69) is 0 Å². The normalized spacial score (nSPS) is 18.1. The quantitative estimate of drug-likeness (QED) is 0.536. The molecule has 1 aromatic rings. The largest absolute Gasteiger partial charge is 0.480 e. The van der Waals surface area contributed by atoms with E-state index in [9.17, 15) is 14.4 Å². The fraction of sp³-hybridized carbons (Fsp3) is 0.294. The van der Waals surface area contributed by atoms with Crippen molar-refractivity contribution in [2.45, 2.75) is 32.4 Å². The number of carbonyl (C=O) groups excluding carboxylic acids is 1. The van der Waals surface area contributed by atoms with Crippen LogP contribution in [0.1, 0.15) is 25.8 Å². The van der Waals surface area contributed by atoms with E-state index in [1.807, 2.05) is 0 Å². The highest BCUT2D eigenvalue weighted by Crippen LogP contribution is 2.34. The summed E-state index contributed by atoms with van der Waals surface area (Å²) in [4.78, 5) is 36.0. The number of thioether (sulfide) groups is 1. The van der Waals surface area contributed by atoms with Crippen molar-refractivity contribution >= 4 is 52.2 Å². The number of amides is 1. The lowest BCUT2D eigenvalue weighted by Gasteiger charge is -2.18. The molecule has 2 unspecified atom stereocenters. The van der Waals surface area contributed by atoms with E-state index in [-0.39, 0.29) is 4.32 Å². The summed E-state index contributed by atoms with van der Waals surface area (Å²) in [6.45, 7) is 3.10. The summed E-state index contributed by atoms with van der Waals surface area (Å²) in [6, 6.07) is 5.58. The molecule has 0 saturated carbocycles. The van der Waals surface area contributed by atoms with Gasteiger partial charge < -0.3 is 14.9 Å². The van der Waals surface area contributed by atoms with Gasteiger partial charge in [-0.15, -0.1) is 0 Å². The summed E-state index contributed by atoms with van der Waals surface area (Å²) in [5.74, 6) is -2.31. The van der Waals surface area contributed by atoms with E-state index >= 15 is 0 Å². The minimum Gasteiger partial charge on any atom is -0.480 e. The lowest BCUT2D eigenvalue weighted by molar-refractivity contribution is -0.145. The van der Waals surface area contributed by atoms with Crippen LogP contribution in [0.3, 0.4) is 0 Å². The van der Waals surface area contributed by atoms with Crippen molar-refractivity contribution in [1.29, 1.82) is 0 Å². The second kappa shape index (κ2) is 8.33. The van der Waals surface area contributed by atoms with Crippen LogP contribution in [-0.2, 0) is 14.4 Å². The summed E-state index contributed by atoms with van der Waals surface area (Å²) in [5, 5.41) is 18.2. The summed E-state index contributed by atoms with van der Waals surface area (Å²) < 4.78 is 5.62. The maximum atomic E-state index is 12.4. The zero-order chi connectivity index (χ0) is 19.4. The van der Waals surface area contributed by atoms with Crippen molar-refractivity contribution in [2.24, 2.45) is 0 Å². The van der Waals surface area contributed by atoms with Crippen LogP contribution < -0.4 is 4.74 Å². The first-order valence-electron chi connectivity index (χ1n) is 7.74. The number of carbonyl (C=O) groups is 3. The number of carboxylic acids is 2. The third-order valence-electron chi connectivity index (χ3n) is 3.65. The summed E-state index contributed by atoms with van der Waals surface area (Å²) in [6.07, 6.45) is 0.924. The summed E-state index contributed by atoms with van der Waals surface area (Å²) in [7, 11) is 0. The van der Waals surface area contributed by atoms with Crippen molar-refractivity contribution in [3.8, 4) is 5.75 Å². The molecular weight excluding hydrogens is 378 g/mol. The number of benzene rings is 1. The molecule has 0 aromatic heterocycles. The van der Waals surface area contributed by atoms with Gasteiger partial charge in [0.15, 0.2) is 6.10 Å². The first-order valence-corrected chi connectivity index (χ1v) is 8.96. The van der Waals surface area contributed by atoms with Gasteiger partial charge in [-0.05, 0) is 37.1 Å². The first-order chi connectivity index (χ1) is 12.2. The van der Waals surface area contributed by atoms with Crippen molar-refractivity contribution in [2.75, 3.05) is 0 Å². The molecule has 7 nitrogen and oxygen atoms in total. The van der Waals surface area contributed by atoms with Crippen molar-refractivity contribution in [3.05, 3.63) is 34.7 Å². The zero-order valence-corrected chi connectivity index (χ0v) is 15.7. The Balaban J connectivity index is 2.24. The average Bonchev–Trinajstić information content (AvgIpc) is 2.85. The van der Waals surface area contributed by atoms with Gasteiger partial charge in [0.1, 0.15) is 16.1 Å². The number of thiocarbonyl (C=S) groups is 1. The number of rotatable bonds is 7. The second-order valence-corrected chi connectivity index (χ2v) is 7.17. The van der Waals surface area contributed by atoms with Gasteiger partial charge >= 0.3 is 11.9 Å². The number of nitrogens with zero attached hydrogens (tertiary/aromatic N) is 1. The zero-order valence-electron chi connectivity index (χ0n) is 14.0. The molecule has 2 atom stereocenters. The third kappa shape index (κ3) is 4.41. The topological polar surface area (TPSA) is 104 Å². The lowest BCUT2D eigenvalue weighted by atomic mass is 10.2. The molecule has 1 aliphatic rings. The van der Waals surface area contributed by atoms with Crippen molar-refractivity contribution in [3.63, 3.8) is 0 Å². The Morgan fingerprint density at radius 1 is 1.35 bits per heavy atom. The molecule has 26 heavy (non-hydrogen) atoms. The smallest absolute Gasteiger partial charge is 0.344 e. The van der Waals surface area contributed by atoms with Gasteiger partial charge in [-0.25, -0.2) is 9.59 Å². The first kappa shape index (κ1) is 19.9. The Bertz CT molecular complexity index is 791. The van der Waals surface area contributed by atoms with Crippen LogP contribution in [0.4, 0.5) is 0 Å². The van der Waals surface area contributed by atoms with Gasteiger partial charge in [0.25, 0.3) is 5.91 Å². The highest BCUT2D eigenvalue weighted by Gasteiger charge is 2.38. The predicted octanol–water partition coefficient (Wildman–Crippen LogP) is 2.60. The molecule has 9 heteroatoms. The minimum absolute atomic E-state index is 0.181. The van der Waals surface area contributed by atoms with Crippen molar-refractivity contribution < 1.29 is 29.3 Å². The van der Waals surface area contributed by atoms with Crippen LogP contribution in [0.25, 0.3) is 6.08 Å². The maximum absolute atomic E-state index is 12.4. The van der Waals surface area contributed by atoms with Crippen LogP contribution in [0, 0.1) is 0 Å². The molecule has 1 heterocycles. The standard InChI is InChI=1S/C17H17NO6S2/c1-3-12(16(22)23)24-11-6-4-5-10(7-11)8-13-14(19)18(17(25)26-13)9(2)15(20)21/h4-9,12H,3H2,1-2H3,(H,20,21)(H,22,23)/b13-8-. The molecule has 1 amide bonds. The number of hydrogen-bond acceptors (Lipinski definition) is 6. The van der Waals surface area contributed by atoms with Gasteiger partial charge in [0.05, 0.1) is 4.91 Å². The Labute approximate surface area is 159 Å². The number of aliphatic carboxylic acids is 2. The van der Waals surface area contributed by atoms with Gasteiger partial charge in [-0.3, -0.25) is 9.69 Å². The molecule has 1 saturated heterocycles. The minimum atomic E-state index is -1.14. The SMILES string of the molecule is CCC(Oc1cccc(/C=C2\SC(=S)N(C(C)C(=O)O)C2=O)c1)C(=O)O. The van der Waals surface area contributed by atoms with E-state index in [1.165, 1.54) is 6.92 Å². The average molecular weight is 395 g/mol. The molecule has 0 bridgehead atoms. The Morgan fingerprint density at radius 2 is 2.04 bits per heavy atom. The van der Waals surface area contributed by atoms with E-state index in [1.54, 1.807) is 37.3 Å². The Kier molecular flexibility index (Phi) is 6.38. The van der Waals surface area contributed by atoms with E-state index in [0.717, 1.165) is 16.7 Å². The van der Waals surface area contributed by atoms with Gasteiger partial charge in [0, 0.05) is 0 Å². The highest BCUT2D eigenvalue weighted by atomic mass is 32.2. The van der Waals surface area contributed by atoms with Crippen LogP contribution in [0.5, 0.6) is 5.75 Å². The van der Waals surface area contributed by atoms with Crippen LogP contribution >= 0.6 is 24.0 Å². The fourth-order valence-corrected chi connectivity index (χ4v) is 3.64. The summed E-state index contributed by atoms with van der Waals surface area (Å²) in [5.41, 5.74) is 0.617. The van der Waals surface area contributed by atoms with E-state index in [4.69, 9.17) is 27.2 Å². The number of hydrogen-bond donors (Lipinski definition) is 2. The number of carboxylic acid groups (broad SMARTS) is 2. The van der Waals surface area contributed by atoms with Crippen LogP contribution in [-0.4, -0.2) is 49.4 Å². The molecule has 138 valence electrons. The molecule has 1 aromatic carbocycles. The molecular formula is C17H17NO6S2. The molecule has 0 spiro atoms. The van der Waals surface area contributed by atoms with Crippen LogP contribution in [0.15, 0.2) is 29.2 Å². The number of ether oxygens (including phenoxy) is 1. The van der Waals surface area contributed by atoms with Gasteiger partial charge in [-0.1, -0.05) is 43.0 Å². The third-order valence-corrected chi connectivity index (χ3v) is 4.98. The van der Waals surface area contributed by atoms with Gasteiger partial charge in [-0.2, -0.15) is 0 Å². The molecule has 0 radical (unpaired) electrons.